The molecule has 1 aromatic carbocycles. The molecule has 1 aliphatic heterocycles. The number of nitrogens with zero attached hydrogens (tertiary/aromatic N) is 2. The van der Waals surface area contributed by atoms with Crippen molar-refractivity contribution in [3.05, 3.63) is 29.3 Å². The summed E-state index contributed by atoms with van der Waals surface area (Å²) in [5.41, 5.74) is -1.58. The van der Waals surface area contributed by atoms with Crippen molar-refractivity contribution in [2.45, 2.75) is 43.9 Å². The molecule has 1 saturated heterocycles. The number of hydrogen-bond donors (Lipinski definition) is 1. The smallest absolute Gasteiger partial charge is 0.380 e. The molecule has 1 fully saturated rings. The van der Waals surface area contributed by atoms with Crippen molar-refractivity contribution in [1.29, 1.82) is 0 Å². The van der Waals surface area contributed by atoms with E-state index in [1.54, 1.807) is 19.1 Å². The first-order valence-corrected chi connectivity index (χ1v) is 9.84. The van der Waals surface area contributed by atoms with Gasteiger partial charge in [0.05, 0.1) is 11.3 Å². The Morgan fingerprint density at radius 2 is 1.70 bits per heavy atom. The quantitative estimate of drug-likeness (QED) is 0.825. The maximum absolute atomic E-state index is 12.8. The average Bonchev–Trinajstić information content (AvgIpc) is 2.53. The van der Waals surface area contributed by atoms with Crippen LogP contribution < -0.4 is 0 Å². The lowest BCUT2D eigenvalue weighted by Crippen LogP contribution is -2.53. The molecule has 0 aromatic heterocycles. The van der Waals surface area contributed by atoms with E-state index in [9.17, 15) is 31.5 Å². The van der Waals surface area contributed by atoms with E-state index >= 15 is 0 Å². The highest BCUT2D eigenvalue weighted by Crippen LogP contribution is 2.33. The number of carbonyl (C=O) groups is 1. The van der Waals surface area contributed by atoms with Crippen molar-refractivity contribution in [1.82, 2.24) is 9.21 Å². The van der Waals surface area contributed by atoms with Gasteiger partial charge in [0.25, 0.3) is 0 Å². The number of carbonyl (C=O) groups excluding carboxylic acids is 1. The Bertz CT molecular complexity index is 814. The van der Waals surface area contributed by atoms with E-state index in [0.717, 1.165) is 10.5 Å². The summed E-state index contributed by atoms with van der Waals surface area (Å²) in [6.45, 7) is 3.99. The van der Waals surface area contributed by atoms with Crippen LogP contribution in [0.1, 0.15) is 24.5 Å². The van der Waals surface area contributed by atoms with E-state index in [-0.39, 0.29) is 31.1 Å². The van der Waals surface area contributed by atoms with Crippen LogP contribution in [0.2, 0.25) is 0 Å². The van der Waals surface area contributed by atoms with Crippen LogP contribution in [0.4, 0.5) is 13.2 Å². The van der Waals surface area contributed by atoms with Crippen LogP contribution in [0.25, 0.3) is 0 Å². The van der Waals surface area contributed by atoms with Gasteiger partial charge in [0.1, 0.15) is 0 Å². The molecule has 0 aliphatic carbocycles. The molecular weight excluding hydrogens is 385 g/mol. The fourth-order valence-electron chi connectivity index (χ4n) is 2.91. The molecule has 1 atom stereocenters. The summed E-state index contributed by atoms with van der Waals surface area (Å²) in [7, 11) is -3.75. The molecule has 152 valence electrons. The number of amides is 1. The Morgan fingerprint density at radius 1 is 1.15 bits per heavy atom. The molecule has 2 rings (SSSR count). The number of piperazine rings is 1. The van der Waals surface area contributed by atoms with E-state index < -0.39 is 34.1 Å². The highest BCUT2D eigenvalue weighted by molar-refractivity contribution is 7.89. The van der Waals surface area contributed by atoms with Gasteiger partial charge in [0, 0.05) is 26.2 Å². The fraction of sp³-hybridized carbons (Fsp3) is 0.588. The number of hydrogen-bond acceptors (Lipinski definition) is 4. The van der Waals surface area contributed by atoms with Crippen molar-refractivity contribution in [2.24, 2.45) is 0 Å². The van der Waals surface area contributed by atoms with Crippen molar-refractivity contribution < 1.29 is 31.5 Å². The summed E-state index contributed by atoms with van der Waals surface area (Å²) >= 11 is 0. The zero-order chi connectivity index (χ0) is 20.6. The Labute approximate surface area is 156 Å². The third-order valence-corrected chi connectivity index (χ3v) is 6.70. The number of sulfonamides is 1. The van der Waals surface area contributed by atoms with Crippen LogP contribution in [-0.4, -0.2) is 66.6 Å². The summed E-state index contributed by atoms with van der Waals surface area (Å²) < 4.78 is 65.0. The lowest BCUT2D eigenvalue weighted by Gasteiger charge is -2.36. The van der Waals surface area contributed by atoms with Gasteiger partial charge in [-0.1, -0.05) is 17.7 Å². The summed E-state index contributed by atoms with van der Waals surface area (Å²) in [4.78, 5) is 13.4. The molecule has 27 heavy (non-hydrogen) atoms. The van der Waals surface area contributed by atoms with Crippen LogP contribution in [0.3, 0.4) is 0 Å². The van der Waals surface area contributed by atoms with Gasteiger partial charge in [-0.05, 0) is 32.4 Å². The second kappa shape index (κ2) is 7.40. The number of rotatable bonds is 4. The van der Waals surface area contributed by atoms with E-state index in [1.807, 2.05) is 6.92 Å². The molecule has 0 unspecified atom stereocenters. The van der Waals surface area contributed by atoms with Gasteiger partial charge >= 0.3 is 6.18 Å². The molecule has 6 nitrogen and oxygen atoms in total. The van der Waals surface area contributed by atoms with E-state index in [4.69, 9.17) is 0 Å². The van der Waals surface area contributed by atoms with Crippen molar-refractivity contribution in [3.8, 4) is 0 Å². The zero-order valence-electron chi connectivity index (χ0n) is 15.4. The lowest BCUT2D eigenvalue weighted by atomic mass is 10.0. The topological polar surface area (TPSA) is 77.9 Å². The van der Waals surface area contributed by atoms with Gasteiger partial charge in [0.2, 0.25) is 15.9 Å². The molecule has 1 heterocycles. The van der Waals surface area contributed by atoms with Crippen LogP contribution >= 0.6 is 0 Å². The fourth-order valence-corrected chi connectivity index (χ4v) is 4.54. The SMILES string of the molecule is Cc1ccc(S(=O)(=O)N2CCN(C(=O)C[C@](C)(O)C(F)(F)F)CC2)c(C)c1. The normalized spacial score (nSPS) is 19.0. The van der Waals surface area contributed by atoms with Crippen molar-refractivity contribution >= 4 is 15.9 Å². The monoisotopic (exact) mass is 408 g/mol. The van der Waals surface area contributed by atoms with Gasteiger partial charge in [-0.3, -0.25) is 4.79 Å². The molecule has 0 spiro atoms. The molecule has 1 N–H and O–H groups in total. The number of aliphatic hydroxyl groups is 1. The molecule has 10 heteroatoms. The predicted molar refractivity (Wildman–Crippen MR) is 92.6 cm³/mol. The van der Waals surface area contributed by atoms with Crippen LogP contribution in [0.15, 0.2) is 23.1 Å². The number of halogens is 3. The lowest BCUT2D eigenvalue weighted by molar-refractivity contribution is -0.254. The first-order chi connectivity index (χ1) is 12.3. The average molecular weight is 408 g/mol. The molecule has 0 bridgehead atoms. The molecule has 1 aromatic rings. The summed E-state index contributed by atoms with van der Waals surface area (Å²) in [6.07, 6.45) is -6.02. The van der Waals surface area contributed by atoms with Gasteiger partial charge in [0.15, 0.2) is 5.60 Å². The molecule has 1 aliphatic rings. The second-order valence-corrected chi connectivity index (χ2v) is 8.91. The van der Waals surface area contributed by atoms with E-state index in [2.05, 4.69) is 0 Å². The third kappa shape index (κ3) is 4.61. The Hall–Kier alpha value is -1.65. The highest BCUT2D eigenvalue weighted by Gasteiger charge is 2.51. The zero-order valence-corrected chi connectivity index (χ0v) is 16.2. The van der Waals surface area contributed by atoms with Gasteiger partial charge < -0.3 is 10.0 Å². The highest BCUT2D eigenvalue weighted by atomic mass is 32.2. The Kier molecular flexibility index (Phi) is 5.93. The van der Waals surface area contributed by atoms with Gasteiger partial charge in [-0.2, -0.15) is 17.5 Å². The van der Waals surface area contributed by atoms with E-state index in [1.165, 1.54) is 10.4 Å². The molecule has 0 radical (unpaired) electrons. The Balaban J connectivity index is 2.05. The van der Waals surface area contributed by atoms with Gasteiger partial charge in [-0.15, -0.1) is 0 Å². The molecule has 1 amide bonds. The maximum Gasteiger partial charge on any atom is 0.417 e. The summed E-state index contributed by atoms with van der Waals surface area (Å²) in [6, 6.07) is 4.98. The van der Waals surface area contributed by atoms with E-state index in [0.29, 0.717) is 12.5 Å². The van der Waals surface area contributed by atoms with Crippen LogP contribution in [0, 0.1) is 13.8 Å². The number of aryl methyl sites for hydroxylation is 2. The van der Waals surface area contributed by atoms with Crippen LogP contribution in [0.5, 0.6) is 0 Å². The predicted octanol–water partition coefficient (Wildman–Crippen LogP) is 1.84. The largest absolute Gasteiger partial charge is 0.417 e. The summed E-state index contributed by atoms with van der Waals surface area (Å²) in [5.74, 6) is -0.860. The number of alkyl halides is 3. The third-order valence-electron chi connectivity index (χ3n) is 4.65. The standard InChI is InChI=1S/C17H23F3N2O4S/c1-12-4-5-14(13(2)10-12)27(25,26)22-8-6-21(7-9-22)15(23)11-16(3,24)17(18,19)20/h4-5,10,24H,6-9,11H2,1-3H3/t16-/m0/s1. The first-order valence-electron chi connectivity index (χ1n) is 8.40. The summed E-state index contributed by atoms with van der Waals surface area (Å²) in [5, 5.41) is 9.46. The molecule has 0 saturated carbocycles. The van der Waals surface area contributed by atoms with Crippen LogP contribution in [-0.2, 0) is 14.8 Å². The second-order valence-electron chi connectivity index (χ2n) is 7.00. The van der Waals surface area contributed by atoms with Crippen molar-refractivity contribution in [2.75, 3.05) is 26.2 Å². The number of benzene rings is 1. The maximum atomic E-state index is 12.8. The minimum absolute atomic E-state index is 0.0183. The van der Waals surface area contributed by atoms with Gasteiger partial charge in [-0.25, -0.2) is 8.42 Å². The van der Waals surface area contributed by atoms with Crippen molar-refractivity contribution in [3.63, 3.8) is 0 Å². The molecular formula is C17H23F3N2O4S. The minimum atomic E-state index is -4.92. The Morgan fingerprint density at radius 3 is 2.19 bits per heavy atom. The first kappa shape index (κ1) is 21.6. The minimum Gasteiger partial charge on any atom is -0.380 e.